The third-order valence-electron chi connectivity index (χ3n) is 9.34. The highest BCUT2D eigenvalue weighted by molar-refractivity contribution is 6.97. The molecular weight excluding hydrogens is 541 g/mol. The summed E-state index contributed by atoms with van der Waals surface area (Å²) in [6.07, 6.45) is 0. The summed E-state index contributed by atoms with van der Waals surface area (Å²) in [7, 11) is -5.47. The van der Waals surface area contributed by atoms with Gasteiger partial charge < -0.3 is 4.43 Å². The molecule has 1 nitrogen and oxygen atoms in total. The van der Waals surface area contributed by atoms with Gasteiger partial charge >= 0.3 is 0 Å². The molecule has 3 atom stereocenters. The molecule has 0 saturated heterocycles. The molecule has 3 heteroatoms. The predicted molar refractivity (Wildman–Crippen MR) is 184 cm³/mol. The van der Waals surface area contributed by atoms with Crippen molar-refractivity contribution in [2.45, 2.75) is 30.7 Å². The third-order valence-corrected chi connectivity index (χ3v) is 17.4. The average molecular weight is 581 g/mol. The Balaban J connectivity index is 1.99. The molecule has 0 heterocycles. The molecule has 0 aliphatic rings. The second-order valence-electron chi connectivity index (χ2n) is 11.5. The molecule has 0 N–H and O–H groups in total. The highest BCUT2D eigenvalue weighted by atomic mass is 28.4. The zero-order valence-electron chi connectivity index (χ0n) is 24.9. The van der Waals surface area contributed by atoms with Gasteiger partial charge in [0, 0.05) is 5.04 Å². The molecule has 0 spiro atoms. The zero-order valence-corrected chi connectivity index (χ0v) is 26.9. The lowest BCUT2D eigenvalue weighted by Gasteiger charge is -2.59. The topological polar surface area (TPSA) is 9.23 Å². The Morgan fingerprint density at radius 1 is 0.500 bits per heavy atom. The Bertz CT molecular complexity index is 1570. The van der Waals surface area contributed by atoms with E-state index in [9.17, 15) is 0 Å². The van der Waals surface area contributed by atoms with Crippen molar-refractivity contribution in [3.63, 3.8) is 0 Å². The van der Waals surface area contributed by atoms with Gasteiger partial charge in [0.05, 0.1) is 0 Å². The molecule has 0 aromatic heterocycles. The molecule has 0 amide bonds. The zero-order chi connectivity index (χ0) is 29.7. The Labute approximate surface area is 254 Å². The number of rotatable bonds is 11. The normalized spacial score (nSPS) is 15.9. The quantitative estimate of drug-likeness (QED) is 0.143. The van der Waals surface area contributed by atoms with Crippen molar-refractivity contribution >= 4 is 26.8 Å². The van der Waals surface area contributed by atoms with E-state index in [1.54, 1.807) is 0 Å². The van der Waals surface area contributed by atoms with Crippen LogP contribution in [0, 0.1) is 0 Å². The van der Waals surface area contributed by atoms with Gasteiger partial charge in [0.15, 0.2) is 0 Å². The molecule has 0 aliphatic heterocycles. The van der Waals surface area contributed by atoms with Crippen LogP contribution in [-0.2, 0) is 15.1 Å². The molecule has 0 saturated carbocycles. The van der Waals surface area contributed by atoms with Crippen LogP contribution >= 0.6 is 0 Å². The highest BCUT2D eigenvalue weighted by Gasteiger charge is 2.63. The van der Waals surface area contributed by atoms with Crippen LogP contribution in [0.15, 0.2) is 176 Å². The summed E-state index contributed by atoms with van der Waals surface area (Å²) in [4.78, 5) is 0. The van der Waals surface area contributed by atoms with Crippen LogP contribution in [0.25, 0.3) is 0 Å². The molecule has 0 bridgehead atoms. The fourth-order valence-electron chi connectivity index (χ4n) is 6.65. The van der Waals surface area contributed by atoms with Gasteiger partial charge in [-0.2, -0.15) is 0 Å². The van der Waals surface area contributed by atoms with E-state index in [1.165, 1.54) is 15.9 Å². The van der Waals surface area contributed by atoms with Gasteiger partial charge in [0.25, 0.3) is 0 Å². The number of hydrogen-bond donors (Lipinski definition) is 0. The predicted octanol–water partition coefficient (Wildman–Crippen LogP) is 8.36. The number of hydrogen-bond acceptors (Lipinski definition) is 1. The molecule has 5 aromatic carbocycles. The summed E-state index contributed by atoms with van der Waals surface area (Å²) in [5, 5.41) is 1.94. The molecular formula is C39H40OSi2. The van der Waals surface area contributed by atoms with Crippen molar-refractivity contribution in [3.05, 3.63) is 193 Å². The van der Waals surface area contributed by atoms with Gasteiger partial charge in [-0.15, -0.1) is 13.2 Å². The van der Waals surface area contributed by atoms with E-state index in [0.717, 1.165) is 11.1 Å². The maximum absolute atomic E-state index is 8.03. The summed E-state index contributed by atoms with van der Waals surface area (Å²) in [5.74, 6) is 0. The van der Waals surface area contributed by atoms with Gasteiger partial charge in [0.2, 0.25) is 8.32 Å². The fourth-order valence-corrected chi connectivity index (χ4v) is 13.1. The SMILES string of the molecule is C=C[Si](C)(OC(c1ccccc1)(c1ccccc1)C(C)(c1ccccc1)[Si](C)(C=C)c1ccccc1)c1ccccc1. The minimum atomic E-state index is -2.78. The Kier molecular flexibility index (Phi) is 8.46. The standard InChI is InChI=1S/C39H40OSi2/c1-6-41(4,36-29-19-11-20-30-36)38(3,33-23-13-8-14-24-33)39(34-25-15-9-16-26-34,35-27-17-10-18-28-35)40-42(5,7-2)37-31-21-12-22-32-37/h6-32H,1-2H2,3-5H3. The summed E-state index contributed by atoms with van der Waals surface area (Å²) >= 11 is 0. The smallest absolute Gasteiger partial charge is 0.246 e. The molecule has 0 radical (unpaired) electrons. The van der Waals surface area contributed by atoms with E-state index >= 15 is 0 Å². The van der Waals surface area contributed by atoms with Crippen molar-refractivity contribution in [2.24, 2.45) is 0 Å². The van der Waals surface area contributed by atoms with Crippen LogP contribution in [0.3, 0.4) is 0 Å². The first kappa shape index (κ1) is 29.5. The van der Waals surface area contributed by atoms with Gasteiger partial charge in [-0.05, 0) is 28.4 Å². The van der Waals surface area contributed by atoms with Gasteiger partial charge in [-0.25, -0.2) is 0 Å². The lowest BCUT2D eigenvalue weighted by Crippen LogP contribution is -2.71. The van der Waals surface area contributed by atoms with Crippen molar-refractivity contribution < 1.29 is 4.43 Å². The Morgan fingerprint density at radius 2 is 0.857 bits per heavy atom. The molecule has 210 valence electrons. The van der Waals surface area contributed by atoms with Gasteiger partial charge in [-0.3, -0.25) is 0 Å². The van der Waals surface area contributed by atoms with E-state index in [4.69, 9.17) is 4.43 Å². The summed E-state index contributed by atoms with van der Waals surface area (Å²) < 4.78 is 8.03. The first-order valence-electron chi connectivity index (χ1n) is 14.6. The van der Waals surface area contributed by atoms with Crippen LogP contribution in [0.1, 0.15) is 23.6 Å². The summed E-state index contributed by atoms with van der Waals surface area (Å²) in [6, 6.07) is 54.2. The average Bonchev–Trinajstić information content (AvgIpc) is 3.08. The van der Waals surface area contributed by atoms with Crippen LogP contribution in [0.4, 0.5) is 0 Å². The van der Waals surface area contributed by atoms with Crippen molar-refractivity contribution in [3.8, 4) is 0 Å². The molecule has 3 unspecified atom stereocenters. The fraction of sp³-hybridized carbons (Fsp3) is 0.128. The number of benzene rings is 5. The lowest BCUT2D eigenvalue weighted by molar-refractivity contribution is 0.0563. The summed E-state index contributed by atoms with van der Waals surface area (Å²) in [5.41, 5.74) is 6.92. The first-order valence-corrected chi connectivity index (χ1v) is 19.7. The van der Waals surface area contributed by atoms with Crippen molar-refractivity contribution in [1.29, 1.82) is 0 Å². The highest BCUT2D eigenvalue weighted by Crippen LogP contribution is 2.55. The monoisotopic (exact) mass is 580 g/mol. The lowest BCUT2D eigenvalue weighted by atomic mass is 9.73. The van der Waals surface area contributed by atoms with Crippen molar-refractivity contribution in [2.75, 3.05) is 0 Å². The van der Waals surface area contributed by atoms with E-state index in [-0.39, 0.29) is 0 Å². The van der Waals surface area contributed by atoms with Gasteiger partial charge in [-0.1, -0.05) is 182 Å². The molecule has 5 aromatic rings. The summed E-state index contributed by atoms with van der Waals surface area (Å²) in [6.45, 7) is 16.1. The van der Waals surface area contributed by atoms with Crippen molar-refractivity contribution in [1.82, 2.24) is 0 Å². The molecule has 0 aliphatic carbocycles. The van der Waals surface area contributed by atoms with E-state index < -0.39 is 27.0 Å². The van der Waals surface area contributed by atoms with E-state index in [2.05, 4.69) is 196 Å². The maximum Gasteiger partial charge on any atom is 0.246 e. The van der Waals surface area contributed by atoms with Crippen LogP contribution in [0.5, 0.6) is 0 Å². The second kappa shape index (κ2) is 12.1. The van der Waals surface area contributed by atoms with Gasteiger partial charge in [0.1, 0.15) is 13.7 Å². The first-order chi connectivity index (χ1) is 20.4. The Hall–Kier alpha value is -4.03. The van der Waals surface area contributed by atoms with E-state index in [1.807, 2.05) is 0 Å². The third kappa shape index (κ3) is 4.78. The minimum Gasteiger partial charge on any atom is -0.395 e. The largest absolute Gasteiger partial charge is 0.395 e. The Morgan fingerprint density at radius 3 is 1.24 bits per heavy atom. The minimum absolute atomic E-state index is 0.556. The maximum atomic E-state index is 8.03. The molecule has 42 heavy (non-hydrogen) atoms. The molecule has 0 fully saturated rings. The van der Waals surface area contributed by atoms with Crippen LogP contribution in [0.2, 0.25) is 13.1 Å². The van der Waals surface area contributed by atoms with Crippen LogP contribution in [-0.4, -0.2) is 16.4 Å². The second-order valence-corrected chi connectivity index (χ2v) is 19.3. The molecule has 5 rings (SSSR count). The van der Waals surface area contributed by atoms with E-state index in [0.29, 0.717) is 0 Å². The van der Waals surface area contributed by atoms with Crippen LogP contribution < -0.4 is 10.4 Å².